The van der Waals surface area contributed by atoms with Gasteiger partial charge in [0.15, 0.2) is 0 Å². The zero-order valence-electron chi connectivity index (χ0n) is 9.67. The molecule has 0 nitrogen and oxygen atoms in total. The lowest BCUT2D eigenvalue weighted by atomic mass is 9.90. The van der Waals surface area contributed by atoms with Crippen LogP contribution in [0, 0.1) is 0 Å². The second-order valence-corrected chi connectivity index (χ2v) is 5.90. The van der Waals surface area contributed by atoms with Gasteiger partial charge in [0.2, 0.25) is 0 Å². The molecule has 0 amide bonds. The molecule has 0 bridgehead atoms. The molecule has 0 unspecified atom stereocenters. The predicted octanol–water partition coefficient (Wildman–Crippen LogP) is 6.55. The van der Waals surface area contributed by atoms with Gasteiger partial charge < -0.3 is 0 Å². The molecule has 1 aromatic carbocycles. The van der Waals surface area contributed by atoms with Gasteiger partial charge in [0.05, 0.1) is 20.1 Å². The fourth-order valence-corrected chi connectivity index (χ4v) is 3.11. The summed E-state index contributed by atoms with van der Waals surface area (Å²) in [5, 5.41) is 1.74. The minimum absolute atomic E-state index is 0.261. The van der Waals surface area contributed by atoms with Crippen molar-refractivity contribution in [2.45, 2.75) is 39.5 Å². The summed E-state index contributed by atoms with van der Waals surface area (Å²) >= 11 is 24.6. The van der Waals surface area contributed by atoms with Crippen molar-refractivity contribution in [1.82, 2.24) is 0 Å². The summed E-state index contributed by atoms with van der Waals surface area (Å²) in [7, 11) is 0. The Labute approximate surface area is 117 Å². The van der Waals surface area contributed by atoms with Gasteiger partial charge >= 0.3 is 0 Å². The van der Waals surface area contributed by atoms with Crippen LogP contribution in [0.2, 0.25) is 20.1 Å². The quantitative estimate of drug-likeness (QED) is 0.429. The minimum atomic E-state index is 0.261. The summed E-state index contributed by atoms with van der Waals surface area (Å²) in [4.78, 5) is 0. The van der Waals surface area contributed by atoms with Gasteiger partial charge in [0.25, 0.3) is 0 Å². The third kappa shape index (κ3) is 2.46. The van der Waals surface area contributed by atoms with Gasteiger partial charge in [-0.15, -0.1) is 0 Å². The molecule has 1 rings (SSSR count). The van der Waals surface area contributed by atoms with E-state index in [0.29, 0.717) is 20.1 Å². The second kappa shape index (κ2) is 5.35. The zero-order chi connectivity index (χ0) is 12.6. The Kier molecular flexibility index (Phi) is 4.83. The molecular weight excluding hydrogens is 286 g/mol. The van der Waals surface area contributed by atoms with Gasteiger partial charge in [-0.1, -0.05) is 74.1 Å². The molecule has 90 valence electrons. The van der Waals surface area contributed by atoms with E-state index in [1.54, 1.807) is 0 Å². The van der Waals surface area contributed by atoms with E-state index in [-0.39, 0.29) is 11.8 Å². The smallest absolute Gasteiger partial charge is 0.0796 e. The lowest BCUT2D eigenvalue weighted by molar-refractivity contribution is 0.791. The number of hydrogen-bond acceptors (Lipinski definition) is 0. The van der Waals surface area contributed by atoms with Crippen LogP contribution in [0.4, 0.5) is 0 Å². The van der Waals surface area contributed by atoms with E-state index in [4.69, 9.17) is 46.4 Å². The molecule has 0 saturated carbocycles. The molecule has 0 aliphatic rings. The van der Waals surface area contributed by atoms with Crippen LogP contribution in [0.25, 0.3) is 0 Å². The maximum Gasteiger partial charge on any atom is 0.0796 e. The van der Waals surface area contributed by atoms with E-state index in [1.165, 1.54) is 0 Å². The standard InChI is InChI=1S/C12H14Cl4/c1-5(2)7-8(6(3)4)10(14)12(16)11(15)9(7)13/h5-6H,1-4H3. The van der Waals surface area contributed by atoms with Crippen molar-refractivity contribution in [1.29, 1.82) is 0 Å². The van der Waals surface area contributed by atoms with Crippen molar-refractivity contribution >= 4 is 46.4 Å². The molecule has 0 aliphatic heterocycles. The highest BCUT2D eigenvalue weighted by atomic mass is 35.5. The molecule has 0 spiro atoms. The lowest BCUT2D eigenvalue weighted by Crippen LogP contribution is -2.02. The second-order valence-electron chi connectivity index (χ2n) is 4.39. The van der Waals surface area contributed by atoms with Crippen molar-refractivity contribution in [2.24, 2.45) is 0 Å². The highest BCUT2D eigenvalue weighted by Gasteiger charge is 2.23. The number of halogens is 4. The molecule has 0 aliphatic carbocycles. The highest BCUT2D eigenvalue weighted by molar-refractivity contribution is 6.52. The van der Waals surface area contributed by atoms with Gasteiger partial charge in [0.1, 0.15) is 0 Å². The van der Waals surface area contributed by atoms with Crippen molar-refractivity contribution in [2.75, 3.05) is 0 Å². The Morgan fingerprint density at radius 1 is 0.562 bits per heavy atom. The van der Waals surface area contributed by atoms with Crippen LogP contribution in [0.3, 0.4) is 0 Å². The number of benzene rings is 1. The molecule has 4 heteroatoms. The maximum atomic E-state index is 6.24. The van der Waals surface area contributed by atoms with Crippen molar-refractivity contribution in [3.8, 4) is 0 Å². The summed E-state index contributed by atoms with van der Waals surface area (Å²) in [5.74, 6) is 0.523. The molecule has 1 aromatic rings. The van der Waals surface area contributed by atoms with Crippen LogP contribution in [0.1, 0.15) is 50.7 Å². The van der Waals surface area contributed by atoms with E-state index < -0.39 is 0 Å². The lowest BCUT2D eigenvalue weighted by Gasteiger charge is -2.21. The summed E-state index contributed by atoms with van der Waals surface area (Å²) in [6.07, 6.45) is 0. The Hall–Kier alpha value is 0.380. The molecule has 0 fully saturated rings. The fraction of sp³-hybridized carbons (Fsp3) is 0.500. The normalized spacial score (nSPS) is 11.6. The van der Waals surface area contributed by atoms with Crippen molar-refractivity contribution in [3.63, 3.8) is 0 Å². The van der Waals surface area contributed by atoms with E-state index in [2.05, 4.69) is 27.7 Å². The van der Waals surface area contributed by atoms with Gasteiger partial charge in [-0.2, -0.15) is 0 Å². The number of rotatable bonds is 2. The highest BCUT2D eigenvalue weighted by Crippen LogP contribution is 2.46. The van der Waals surface area contributed by atoms with Crippen LogP contribution < -0.4 is 0 Å². The van der Waals surface area contributed by atoms with Crippen LogP contribution >= 0.6 is 46.4 Å². The average molecular weight is 300 g/mol. The van der Waals surface area contributed by atoms with Crippen LogP contribution in [-0.2, 0) is 0 Å². The molecule has 0 atom stereocenters. The van der Waals surface area contributed by atoms with E-state index in [0.717, 1.165) is 11.1 Å². The largest absolute Gasteiger partial charge is 0.0823 e. The van der Waals surface area contributed by atoms with Crippen LogP contribution in [0.15, 0.2) is 0 Å². The predicted molar refractivity (Wildman–Crippen MR) is 74.7 cm³/mol. The molecule has 0 saturated heterocycles. The molecular formula is C12H14Cl4. The van der Waals surface area contributed by atoms with E-state index in [9.17, 15) is 0 Å². The third-order valence-corrected chi connectivity index (χ3v) is 4.33. The minimum Gasteiger partial charge on any atom is -0.0823 e. The first-order valence-electron chi connectivity index (χ1n) is 5.14. The monoisotopic (exact) mass is 298 g/mol. The van der Waals surface area contributed by atoms with Gasteiger partial charge in [-0.25, -0.2) is 0 Å². The van der Waals surface area contributed by atoms with Crippen molar-refractivity contribution in [3.05, 3.63) is 31.2 Å². The third-order valence-electron chi connectivity index (χ3n) is 2.50. The first kappa shape index (κ1) is 14.4. The first-order chi connectivity index (χ1) is 7.29. The van der Waals surface area contributed by atoms with Crippen molar-refractivity contribution < 1.29 is 0 Å². The SMILES string of the molecule is CC(C)c1c(Cl)c(Cl)c(Cl)c(Cl)c1C(C)C. The van der Waals surface area contributed by atoms with E-state index in [1.807, 2.05) is 0 Å². The Morgan fingerprint density at radius 2 is 0.812 bits per heavy atom. The zero-order valence-corrected chi connectivity index (χ0v) is 12.7. The Morgan fingerprint density at radius 3 is 1.00 bits per heavy atom. The van der Waals surface area contributed by atoms with Crippen LogP contribution in [-0.4, -0.2) is 0 Å². The first-order valence-corrected chi connectivity index (χ1v) is 6.65. The molecule has 0 heterocycles. The Balaban J connectivity index is 3.69. The van der Waals surface area contributed by atoms with Crippen LogP contribution in [0.5, 0.6) is 0 Å². The molecule has 0 aromatic heterocycles. The summed E-state index contributed by atoms with van der Waals surface area (Å²) < 4.78 is 0. The van der Waals surface area contributed by atoms with Gasteiger partial charge in [-0.3, -0.25) is 0 Å². The molecule has 16 heavy (non-hydrogen) atoms. The summed E-state index contributed by atoms with van der Waals surface area (Å²) in [6, 6.07) is 0. The molecule has 0 N–H and O–H groups in total. The fourth-order valence-electron chi connectivity index (χ4n) is 1.79. The Bertz CT molecular complexity index is 369. The topological polar surface area (TPSA) is 0 Å². The van der Waals surface area contributed by atoms with E-state index >= 15 is 0 Å². The molecule has 0 radical (unpaired) electrons. The van der Waals surface area contributed by atoms with Gasteiger partial charge in [0, 0.05) is 0 Å². The summed E-state index contributed by atoms with van der Waals surface area (Å²) in [6.45, 7) is 8.25. The number of hydrogen-bond donors (Lipinski definition) is 0. The van der Waals surface area contributed by atoms with Gasteiger partial charge in [-0.05, 0) is 23.0 Å². The average Bonchev–Trinajstić information content (AvgIpc) is 2.18. The summed E-state index contributed by atoms with van der Waals surface area (Å²) in [5.41, 5.74) is 1.99. The maximum absolute atomic E-state index is 6.24.